The average molecular weight is 342 g/mol. The average Bonchev–Trinajstić information content (AvgIpc) is 2.98. The van der Waals surface area contributed by atoms with Crippen LogP contribution in [0, 0.1) is 0 Å². The molecule has 1 heterocycles. The quantitative estimate of drug-likeness (QED) is 0.799. The van der Waals surface area contributed by atoms with E-state index in [1.807, 2.05) is 0 Å². The maximum Gasteiger partial charge on any atom is 0.435 e. The summed E-state index contributed by atoms with van der Waals surface area (Å²) in [5.41, 5.74) is -0.682. The zero-order chi connectivity index (χ0) is 17.9. The lowest BCUT2D eigenvalue weighted by Gasteiger charge is -2.07. The largest absolute Gasteiger partial charge is 0.464 e. The number of halogens is 3. The highest BCUT2D eigenvalue weighted by molar-refractivity contribution is 5.88. The molecule has 24 heavy (non-hydrogen) atoms. The Morgan fingerprint density at radius 1 is 1.21 bits per heavy atom. The Kier molecular flexibility index (Phi) is 4.91. The van der Waals surface area contributed by atoms with Crippen LogP contribution >= 0.6 is 0 Å². The molecule has 6 nitrogen and oxygen atoms in total. The molecule has 0 aliphatic heterocycles. The van der Waals surface area contributed by atoms with Crippen LogP contribution in [0.3, 0.4) is 0 Å². The standard InChI is InChI=1S/C15H13F3N2O4/c1-9(21)24-8-10-3-5-11(6-4-10)20-12(14(22)23-2)7-13(19-20)15(16,17)18/h3-7H,8H2,1-2H3. The second-order valence-corrected chi connectivity index (χ2v) is 4.76. The number of aromatic nitrogens is 2. The molecular formula is C15H13F3N2O4. The first-order valence-corrected chi connectivity index (χ1v) is 6.70. The number of benzene rings is 1. The first-order chi connectivity index (χ1) is 11.2. The Balaban J connectivity index is 2.38. The molecule has 0 unspecified atom stereocenters. The molecular weight excluding hydrogens is 329 g/mol. The molecule has 128 valence electrons. The minimum Gasteiger partial charge on any atom is -0.464 e. The van der Waals surface area contributed by atoms with Crippen molar-refractivity contribution < 1.29 is 32.2 Å². The van der Waals surface area contributed by atoms with E-state index in [1.54, 1.807) is 12.1 Å². The van der Waals surface area contributed by atoms with Crippen molar-refractivity contribution in [3.05, 3.63) is 47.3 Å². The van der Waals surface area contributed by atoms with E-state index in [4.69, 9.17) is 4.74 Å². The predicted octanol–water partition coefficient (Wildman–Crippen LogP) is 2.74. The van der Waals surface area contributed by atoms with Crippen LogP contribution in [0.25, 0.3) is 5.69 Å². The monoisotopic (exact) mass is 342 g/mol. The van der Waals surface area contributed by atoms with E-state index < -0.39 is 23.8 Å². The van der Waals surface area contributed by atoms with Gasteiger partial charge in [0.05, 0.1) is 12.8 Å². The molecule has 2 aromatic rings. The van der Waals surface area contributed by atoms with Gasteiger partial charge in [0.25, 0.3) is 0 Å². The van der Waals surface area contributed by atoms with Gasteiger partial charge in [0.2, 0.25) is 0 Å². The Morgan fingerprint density at radius 2 is 1.83 bits per heavy atom. The molecule has 1 aromatic heterocycles. The van der Waals surface area contributed by atoms with Gasteiger partial charge < -0.3 is 9.47 Å². The van der Waals surface area contributed by atoms with Crippen LogP contribution in [-0.2, 0) is 27.1 Å². The number of carbonyl (C=O) groups is 2. The fourth-order valence-electron chi connectivity index (χ4n) is 1.88. The van der Waals surface area contributed by atoms with Gasteiger partial charge in [0.1, 0.15) is 6.61 Å². The molecule has 0 aliphatic carbocycles. The molecule has 2 rings (SSSR count). The number of rotatable bonds is 4. The second kappa shape index (κ2) is 6.73. The van der Waals surface area contributed by atoms with Gasteiger partial charge in [0.15, 0.2) is 11.4 Å². The summed E-state index contributed by atoms with van der Waals surface area (Å²) in [6.45, 7) is 1.30. The van der Waals surface area contributed by atoms with Crippen LogP contribution in [-0.4, -0.2) is 28.8 Å². The Hall–Kier alpha value is -2.84. The summed E-state index contributed by atoms with van der Waals surface area (Å²) in [5.74, 6) is -1.39. The lowest BCUT2D eigenvalue weighted by molar-refractivity contribution is -0.142. The van der Waals surface area contributed by atoms with E-state index in [-0.39, 0.29) is 18.0 Å². The molecule has 0 atom stereocenters. The number of ether oxygens (including phenoxy) is 2. The number of hydrogen-bond acceptors (Lipinski definition) is 5. The third-order valence-corrected chi connectivity index (χ3v) is 3.02. The van der Waals surface area contributed by atoms with E-state index in [0.717, 1.165) is 11.8 Å². The molecule has 1 aromatic carbocycles. The third kappa shape index (κ3) is 3.92. The number of methoxy groups -OCH3 is 1. The summed E-state index contributed by atoms with van der Waals surface area (Å²) in [7, 11) is 1.06. The maximum absolute atomic E-state index is 12.8. The fraction of sp³-hybridized carbons (Fsp3) is 0.267. The van der Waals surface area contributed by atoms with Crippen LogP contribution in [0.1, 0.15) is 28.7 Å². The third-order valence-electron chi connectivity index (χ3n) is 3.02. The van der Waals surface area contributed by atoms with Gasteiger partial charge in [-0.15, -0.1) is 0 Å². The van der Waals surface area contributed by atoms with Gasteiger partial charge in [-0.05, 0) is 17.7 Å². The zero-order valence-corrected chi connectivity index (χ0v) is 12.8. The predicted molar refractivity (Wildman–Crippen MR) is 75.4 cm³/mol. The van der Waals surface area contributed by atoms with Crippen LogP contribution in [0.5, 0.6) is 0 Å². The lowest BCUT2D eigenvalue weighted by atomic mass is 10.2. The van der Waals surface area contributed by atoms with Gasteiger partial charge in [-0.3, -0.25) is 4.79 Å². The molecule has 0 radical (unpaired) electrons. The van der Waals surface area contributed by atoms with E-state index in [0.29, 0.717) is 11.6 Å². The SMILES string of the molecule is COC(=O)c1cc(C(F)(F)F)nn1-c1ccc(COC(C)=O)cc1. The summed E-state index contributed by atoms with van der Waals surface area (Å²) in [5, 5.41) is 3.43. The Labute approximate surface area is 134 Å². The topological polar surface area (TPSA) is 70.4 Å². The molecule has 0 saturated heterocycles. The van der Waals surface area contributed by atoms with E-state index in [1.165, 1.54) is 19.1 Å². The second-order valence-electron chi connectivity index (χ2n) is 4.76. The van der Waals surface area contributed by atoms with E-state index >= 15 is 0 Å². The molecule has 0 bridgehead atoms. The van der Waals surface area contributed by atoms with Gasteiger partial charge in [0, 0.05) is 13.0 Å². The van der Waals surface area contributed by atoms with Crippen molar-refractivity contribution in [2.45, 2.75) is 19.7 Å². The van der Waals surface area contributed by atoms with Gasteiger partial charge >= 0.3 is 18.1 Å². The van der Waals surface area contributed by atoms with Gasteiger partial charge in [-0.1, -0.05) is 12.1 Å². The van der Waals surface area contributed by atoms with Crippen molar-refractivity contribution in [2.75, 3.05) is 7.11 Å². The van der Waals surface area contributed by atoms with E-state index in [9.17, 15) is 22.8 Å². The normalized spacial score (nSPS) is 11.2. The van der Waals surface area contributed by atoms with Crippen molar-refractivity contribution in [1.82, 2.24) is 9.78 Å². The molecule has 0 fully saturated rings. The fourth-order valence-corrected chi connectivity index (χ4v) is 1.88. The summed E-state index contributed by atoms with van der Waals surface area (Å²) in [6, 6.07) is 6.64. The van der Waals surface area contributed by atoms with Crippen molar-refractivity contribution in [3.63, 3.8) is 0 Å². The zero-order valence-electron chi connectivity index (χ0n) is 12.8. The molecule has 0 saturated carbocycles. The lowest BCUT2D eigenvalue weighted by Crippen LogP contribution is -2.11. The smallest absolute Gasteiger partial charge is 0.435 e. The van der Waals surface area contributed by atoms with Gasteiger partial charge in [-0.2, -0.15) is 18.3 Å². The van der Waals surface area contributed by atoms with Crippen LogP contribution in [0.2, 0.25) is 0 Å². The molecule has 0 aliphatic rings. The maximum atomic E-state index is 12.8. The van der Waals surface area contributed by atoms with Crippen LogP contribution < -0.4 is 0 Å². The summed E-state index contributed by atoms with van der Waals surface area (Å²) in [4.78, 5) is 22.4. The minimum absolute atomic E-state index is 0.0341. The Bertz CT molecular complexity index is 751. The highest BCUT2D eigenvalue weighted by atomic mass is 19.4. The molecule has 9 heteroatoms. The van der Waals surface area contributed by atoms with Crippen molar-refractivity contribution in [1.29, 1.82) is 0 Å². The number of esters is 2. The number of alkyl halides is 3. The van der Waals surface area contributed by atoms with Crippen LogP contribution in [0.15, 0.2) is 30.3 Å². The first kappa shape index (κ1) is 17.5. The molecule has 0 amide bonds. The highest BCUT2D eigenvalue weighted by Gasteiger charge is 2.36. The highest BCUT2D eigenvalue weighted by Crippen LogP contribution is 2.29. The Morgan fingerprint density at radius 3 is 2.33 bits per heavy atom. The van der Waals surface area contributed by atoms with Crippen molar-refractivity contribution in [2.24, 2.45) is 0 Å². The van der Waals surface area contributed by atoms with Gasteiger partial charge in [-0.25, -0.2) is 9.48 Å². The number of carbonyl (C=O) groups excluding carboxylic acids is 2. The summed E-state index contributed by atoms with van der Waals surface area (Å²) >= 11 is 0. The van der Waals surface area contributed by atoms with Crippen molar-refractivity contribution in [3.8, 4) is 5.69 Å². The van der Waals surface area contributed by atoms with E-state index in [2.05, 4.69) is 9.84 Å². The molecule has 0 N–H and O–H groups in total. The summed E-state index contributed by atoms with van der Waals surface area (Å²) in [6.07, 6.45) is -4.69. The number of hydrogen-bond donors (Lipinski definition) is 0. The minimum atomic E-state index is -4.69. The number of nitrogens with zero attached hydrogens (tertiary/aromatic N) is 2. The van der Waals surface area contributed by atoms with Crippen molar-refractivity contribution >= 4 is 11.9 Å². The summed E-state index contributed by atoms with van der Waals surface area (Å²) < 4.78 is 48.6. The van der Waals surface area contributed by atoms with Crippen LogP contribution in [0.4, 0.5) is 13.2 Å². The molecule has 0 spiro atoms. The first-order valence-electron chi connectivity index (χ1n) is 6.70.